The molecule has 0 spiro atoms. The summed E-state index contributed by atoms with van der Waals surface area (Å²) in [5, 5.41) is 12.3. The van der Waals surface area contributed by atoms with Gasteiger partial charge in [0.15, 0.2) is 0 Å². The van der Waals surface area contributed by atoms with Crippen molar-refractivity contribution < 1.29 is 19.4 Å². The Kier molecular flexibility index (Phi) is 3.60. The molecule has 6 nitrogen and oxygen atoms in total. The van der Waals surface area contributed by atoms with Gasteiger partial charge in [-0.3, -0.25) is 4.79 Å². The number of carbonyl (C=O) groups excluding carboxylic acids is 1. The van der Waals surface area contributed by atoms with Crippen molar-refractivity contribution in [1.82, 2.24) is 4.98 Å². The van der Waals surface area contributed by atoms with Crippen LogP contribution in [0.25, 0.3) is 11.6 Å². The van der Waals surface area contributed by atoms with Crippen molar-refractivity contribution in [3.05, 3.63) is 46.3 Å². The number of carboxylic acids is 1. The smallest absolute Gasteiger partial charge is 0.352 e. The molecular formula is C19H18N2O4. The topological polar surface area (TPSA) is 91.4 Å². The molecule has 1 aromatic heterocycles. The van der Waals surface area contributed by atoms with E-state index in [2.05, 4.69) is 10.3 Å². The predicted octanol–water partition coefficient (Wildman–Crippen LogP) is 3.09. The molecule has 25 heavy (non-hydrogen) atoms. The van der Waals surface area contributed by atoms with E-state index in [-0.39, 0.29) is 11.6 Å². The summed E-state index contributed by atoms with van der Waals surface area (Å²) in [6, 6.07) is 5.42. The molecule has 3 N–H and O–H groups in total. The van der Waals surface area contributed by atoms with Crippen molar-refractivity contribution in [2.75, 3.05) is 12.4 Å². The van der Waals surface area contributed by atoms with Crippen LogP contribution in [0.3, 0.4) is 0 Å². The Hall–Kier alpha value is -3.02. The SMILES string of the molecule is COc1ccc2c(c1)NC(=O)/C2=C\c1[nH]c(C(=O)O)c2c1CCCC2. The summed E-state index contributed by atoms with van der Waals surface area (Å²) in [6.45, 7) is 0. The van der Waals surface area contributed by atoms with E-state index in [0.717, 1.165) is 48.1 Å². The lowest BCUT2D eigenvalue weighted by molar-refractivity contribution is -0.110. The number of aromatic amines is 1. The maximum Gasteiger partial charge on any atom is 0.352 e. The number of ether oxygens (including phenoxy) is 1. The van der Waals surface area contributed by atoms with Crippen molar-refractivity contribution in [3.8, 4) is 5.75 Å². The number of benzene rings is 1. The van der Waals surface area contributed by atoms with E-state index in [0.29, 0.717) is 17.0 Å². The van der Waals surface area contributed by atoms with E-state index in [1.165, 1.54) is 0 Å². The second-order valence-electron chi connectivity index (χ2n) is 6.31. The van der Waals surface area contributed by atoms with E-state index >= 15 is 0 Å². The lowest BCUT2D eigenvalue weighted by atomic mass is 9.91. The fourth-order valence-electron chi connectivity index (χ4n) is 3.66. The van der Waals surface area contributed by atoms with Gasteiger partial charge in [0.25, 0.3) is 5.91 Å². The van der Waals surface area contributed by atoms with Gasteiger partial charge in [-0.05, 0) is 55.0 Å². The number of carboxylic acid groups (broad SMARTS) is 1. The number of amides is 1. The van der Waals surface area contributed by atoms with Gasteiger partial charge in [-0.1, -0.05) is 0 Å². The summed E-state index contributed by atoms with van der Waals surface area (Å²) in [7, 11) is 1.58. The van der Waals surface area contributed by atoms with Crippen LogP contribution in [0.1, 0.15) is 45.7 Å². The third-order valence-electron chi connectivity index (χ3n) is 4.87. The van der Waals surface area contributed by atoms with Crippen molar-refractivity contribution in [3.63, 3.8) is 0 Å². The molecule has 1 aliphatic carbocycles. The van der Waals surface area contributed by atoms with E-state index in [4.69, 9.17) is 4.74 Å². The first-order valence-electron chi connectivity index (χ1n) is 8.27. The molecule has 1 amide bonds. The molecule has 0 saturated carbocycles. The molecule has 1 aliphatic heterocycles. The maximum atomic E-state index is 12.4. The van der Waals surface area contributed by atoms with Gasteiger partial charge in [-0.25, -0.2) is 4.79 Å². The Bertz CT molecular complexity index is 924. The number of rotatable bonds is 3. The first kappa shape index (κ1) is 15.5. The molecule has 2 heterocycles. The van der Waals surface area contributed by atoms with Gasteiger partial charge in [0.05, 0.1) is 18.4 Å². The van der Waals surface area contributed by atoms with Crippen LogP contribution in [0.4, 0.5) is 5.69 Å². The zero-order valence-electron chi connectivity index (χ0n) is 13.8. The number of methoxy groups -OCH3 is 1. The molecule has 0 unspecified atom stereocenters. The fraction of sp³-hybridized carbons (Fsp3) is 0.263. The summed E-state index contributed by atoms with van der Waals surface area (Å²) in [6.07, 6.45) is 5.38. The highest BCUT2D eigenvalue weighted by Crippen LogP contribution is 2.37. The van der Waals surface area contributed by atoms with Gasteiger partial charge in [0, 0.05) is 17.3 Å². The van der Waals surface area contributed by atoms with Crippen LogP contribution >= 0.6 is 0 Å². The van der Waals surface area contributed by atoms with Crippen molar-refractivity contribution in [2.45, 2.75) is 25.7 Å². The first-order valence-corrected chi connectivity index (χ1v) is 8.27. The van der Waals surface area contributed by atoms with Crippen LogP contribution in [0.15, 0.2) is 18.2 Å². The van der Waals surface area contributed by atoms with Crippen LogP contribution in [0.2, 0.25) is 0 Å². The van der Waals surface area contributed by atoms with E-state index in [9.17, 15) is 14.7 Å². The van der Waals surface area contributed by atoms with Gasteiger partial charge in [-0.2, -0.15) is 0 Å². The number of aromatic nitrogens is 1. The standard InChI is InChI=1S/C19H18N2O4/c1-25-10-6-7-12-14(18(22)21-15(12)8-10)9-16-11-4-2-3-5-13(11)17(20-16)19(23)24/h6-9,20H,2-5H2,1H3,(H,21,22)(H,23,24)/b14-9-. The highest BCUT2D eigenvalue weighted by molar-refractivity contribution is 6.35. The number of fused-ring (bicyclic) bond motifs is 2. The first-order chi connectivity index (χ1) is 12.1. The number of H-pyrrole nitrogens is 1. The Balaban J connectivity index is 1.82. The molecule has 0 bridgehead atoms. The zero-order valence-corrected chi connectivity index (χ0v) is 13.8. The number of anilines is 1. The van der Waals surface area contributed by atoms with Crippen LogP contribution < -0.4 is 10.1 Å². The molecule has 2 aliphatic rings. The lowest BCUT2D eigenvalue weighted by Crippen LogP contribution is -2.06. The number of nitrogens with one attached hydrogen (secondary N) is 2. The fourth-order valence-corrected chi connectivity index (χ4v) is 3.66. The van der Waals surface area contributed by atoms with E-state index in [1.807, 2.05) is 6.07 Å². The minimum absolute atomic E-state index is 0.195. The summed E-state index contributed by atoms with van der Waals surface area (Å²) in [5.74, 6) is -0.478. The third-order valence-corrected chi connectivity index (χ3v) is 4.87. The number of aromatic carboxylic acids is 1. The highest BCUT2D eigenvalue weighted by atomic mass is 16.5. The number of hydrogen-bond acceptors (Lipinski definition) is 3. The minimum Gasteiger partial charge on any atom is -0.497 e. The van der Waals surface area contributed by atoms with Gasteiger partial charge >= 0.3 is 5.97 Å². The highest BCUT2D eigenvalue weighted by Gasteiger charge is 2.27. The second-order valence-corrected chi connectivity index (χ2v) is 6.31. The summed E-state index contributed by atoms with van der Waals surface area (Å²) < 4.78 is 5.19. The molecule has 2 aromatic rings. The molecule has 0 atom stereocenters. The minimum atomic E-state index is -0.955. The maximum absolute atomic E-state index is 12.4. The average Bonchev–Trinajstić information content (AvgIpc) is 3.13. The largest absolute Gasteiger partial charge is 0.497 e. The predicted molar refractivity (Wildman–Crippen MR) is 93.9 cm³/mol. The normalized spacial score (nSPS) is 17.2. The third kappa shape index (κ3) is 2.50. The molecule has 0 radical (unpaired) electrons. The zero-order chi connectivity index (χ0) is 17.6. The van der Waals surface area contributed by atoms with Crippen LogP contribution in [-0.2, 0) is 17.6 Å². The van der Waals surface area contributed by atoms with Gasteiger partial charge in [0.2, 0.25) is 0 Å². The van der Waals surface area contributed by atoms with Crippen LogP contribution in [0, 0.1) is 0 Å². The Morgan fingerprint density at radius 3 is 2.72 bits per heavy atom. The molecule has 0 saturated heterocycles. The van der Waals surface area contributed by atoms with Crippen molar-refractivity contribution in [2.24, 2.45) is 0 Å². The molecule has 0 fully saturated rings. The number of hydrogen-bond donors (Lipinski definition) is 3. The summed E-state index contributed by atoms with van der Waals surface area (Å²) >= 11 is 0. The monoisotopic (exact) mass is 338 g/mol. The number of carbonyl (C=O) groups is 2. The molecule has 1 aromatic carbocycles. The van der Waals surface area contributed by atoms with Crippen molar-refractivity contribution >= 4 is 29.2 Å². The van der Waals surface area contributed by atoms with Gasteiger partial charge in [-0.15, -0.1) is 0 Å². The Morgan fingerprint density at radius 2 is 2.00 bits per heavy atom. The molecule has 6 heteroatoms. The molecular weight excluding hydrogens is 320 g/mol. The second kappa shape index (κ2) is 5.81. The molecule has 128 valence electrons. The van der Waals surface area contributed by atoms with E-state index in [1.54, 1.807) is 25.3 Å². The lowest BCUT2D eigenvalue weighted by Gasteiger charge is -2.12. The van der Waals surface area contributed by atoms with Crippen LogP contribution in [0.5, 0.6) is 5.75 Å². The summed E-state index contributed by atoms with van der Waals surface area (Å²) in [5.41, 5.74) is 4.89. The van der Waals surface area contributed by atoms with Crippen LogP contribution in [-0.4, -0.2) is 29.1 Å². The Labute approximate surface area is 144 Å². The Morgan fingerprint density at radius 1 is 1.24 bits per heavy atom. The van der Waals surface area contributed by atoms with E-state index < -0.39 is 5.97 Å². The van der Waals surface area contributed by atoms with Gasteiger partial charge < -0.3 is 20.1 Å². The van der Waals surface area contributed by atoms with Gasteiger partial charge in [0.1, 0.15) is 11.4 Å². The molecule has 4 rings (SSSR count). The van der Waals surface area contributed by atoms with Crippen molar-refractivity contribution in [1.29, 1.82) is 0 Å². The summed E-state index contributed by atoms with van der Waals surface area (Å²) in [4.78, 5) is 26.9. The quantitative estimate of drug-likeness (QED) is 0.750. The average molecular weight is 338 g/mol.